The van der Waals surface area contributed by atoms with E-state index in [4.69, 9.17) is 22.1 Å². The molecule has 0 radical (unpaired) electrons. The third-order valence-corrected chi connectivity index (χ3v) is 2.45. The number of rotatable bonds is 6. The fourth-order valence-electron chi connectivity index (χ4n) is 1.41. The zero-order valence-electron chi connectivity index (χ0n) is 10.3. The van der Waals surface area contributed by atoms with Crippen molar-refractivity contribution in [1.82, 2.24) is 0 Å². The van der Waals surface area contributed by atoms with E-state index in [0.29, 0.717) is 16.3 Å². The highest BCUT2D eigenvalue weighted by molar-refractivity contribution is 6.30. The Bertz CT molecular complexity index is 410. The Morgan fingerprint density at radius 1 is 1.32 bits per heavy atom. The van der Waals surface area contributed by atoms with Gasteiger partial charge in [0.15, 0.2) is 0 Å². The van der Waals surface area contributed by atoms with E-state index < -0.39 is 12.8 Å². The van der Waals surface area contributed by atoms with E-state index in [9.17, 15) is 13.2 Å². The molecule has 1 aromatic carbocycles. The summed E-state index contributed by atoms with van der Waals surface area (Å²) in [6.45, 7) is 0.341. The van der Waals surface area contributed by atoms with Crippen molar-refractivity contribution in [2.75, 3.05) is 19.8 Å². The molecule has 0 amide bonds. The van der Waals surface area contributed by atoms with Crippen LogP contribution in [-0.2, 0) is 4.74 Å². The van der Waals surface area contributed by atoms with Crippen LogP contribution < -0.4 is 10.5 Å². The Balaban J connectivity index is 2.45. The SMILES string of the molecule is C[C@@H](N)c1cc(Cl)ccc1OCCOCC(F)(F)F. The van der Waals surface area contributed by atoms with Gasteiger partial charge in [-0.15, -0.1) is 0 Å². The number of halogens is 4. The molecule has 0 spiro atoms. The molecule has 7 heteroatoms. The van der Waals surface area contributed by atoms with Gasteiger partial charge in [0.1, 0.15) is 19.0 Å². The number of benzene rings is 1. The minimum absolute atomic E-state index is 0.0113. The molecule has 0 heterocycles. The first kappa shape index (κ1) is 16.1. The standard InChI is InChI=1S/C12H15ClF3NO2/c1-8(17)10-6-9(13)2-3-11(10)19-5-4-18-7-12(14,15)16/h2-3,6,8H,4-5,7,17H2,1H3/t8-/m1/s1. The minimum atomic E-state index is -4.32. The van der Waals surface area contributed by atoms with Crippen LogP contribution in [0.15, 0.2) is 18.2 Å². The lowest BCUT2D eigenvalue weighted by Gasteiger charge is -2.14. The van der Waals surface area contributed by atoms with E-state index in [-0.39, 0.29) is 19.3 Å². The number of hydrogen-bond donors (Lipinski definition) is 1. The van der Waals surface area contributed by atoms with Crippen molar-refractivity contribution >= 4 is 11.6 Å². The van der Waals surface area contributed by atoms with Gasteiger partial charge in [0.05, 0.1) is 6.61 Å². The molecule has 2 N–H and O–H groups in total. The summed E-state index contributed by atoms with van der Waals surface area (Å²) in [5.74, 6) is 0.495. The van der Waals surface area contributed by atoms with E-state index in [2.05, 4.69) is 4.74 Å². The van der Waals surface area contributed by atoms with Crippen molar-refractivity contribution in [1.29, 1.82) is 0 Å². The van der Waals surface area contributed by atoms with Crippen LogP contribution in [-0.4, -0.2) is 26.0 Å². The second kappa shape index (κ2) is 6.98. The quantitative estimate of drug-likeness (QED) is 0.819. The van der Waals surface area contributed by atoms with Crippen LogP contribution in [0, 0.1) is 0 Å². The first-order valence-electron chi connectivity index (χ1n) is 5.62. The molecular weight excluding hydrogens is 283 g/mol. The first-order chi connectivity index (χ1) is 8.79. The van der Waals surface area contributed by atoms with Gasteiger partial charge in [-0.25, -0.2) is 0 Å². The summed E-state index contributed by atoms with van der Waals surface area (Å²) in [7, 11) is 0. The molecule has 0 saturated heterocycles. The van der Waals surface area contributed by atoms with E-state index >= 15 is 0 Å². The van der Waals surface area contributed by atoms with Gasteiger partial charge in [0.25, 0.3) is 0 Å². The number of alkyl halides is 3. The normalized spacial score (nSPS) is 13.4. The summed E-state index contributed by atoms with van der Waals surface area (Å²) < 4.78 is 45.2. The van der Waals surface area contributed by atoms with Gasteiger partial charge in [-0.3, -0.25) is 0 Å². The molecule has 3 nitrogen and oxygen atoms in total. The van der Waals surface area contributed by atoms with E-state index in [0.717, 1.165) is 0 Å². The lowest BCUT2D eigenvalue weighted by Crippen LogP contribution is -2.19. The number of hydrogen-bond acceptors (Lipinski definition) is 3. The smallest absolute Gasteiger partial charge is 0.411 e. The zero-order chi connectivity index (χ0) is 14.5. The number of ether oxygens (including phenoxy) is 2. The topological polar surface area (TPSA) is 44.5 Å². The average molecular weight is 298 g/mol. The second-order valence-corrected chi connectivity index (χ2v) is 4.42. The third kappa shape index (κ3) is 6.13. The highest BCUT2D eigenvalue weighted by Crippen LogP contribution is 2.27. The molecule has 1 aromatic rings. The van der Waals surface area contributed by atoms with Crippen molar-refractivity contribution in [3.63, 3.8) is 0 Å². The van der Waals surface area contributed by atoms with Crippen LogP contribution in [0.4, 0.5) is 13.2 Å². The molecular formula is C12H15ClF3NO2. The van der Waals surface area contributed by atoms with Crippen molar-refractivity contribution in [2.45, 2.75) is 19.1 Å². The molecule has 19 heavy (non-hydrogen) atoms. The minimum Gasteiger partial charge on any atom is -0.491 e. The Kier molecular flexibility index (Phi) is 5.90. The van der Waals surface area contributed by atoms with Gasteiger partial charge in [0.2, 0.25) is 0 Å². The molecule has 0 unspecified atom stereocenters. The van der Waals surface area contributed by atoms with Gasteiger partial charge in [0, 0.05) is 16.6 Å². The first-order valence-corrected chi connectivity index (χ1v) is 5.99. The van der Waals surface area contributed by atoms with Gasteiger partial charge in [-0.1, -0.05) is 11.6 Å². The fraction of sp³-hybridized carbons (Fsp3) is 0.500. The molecule has 0 bridgehead atoms. The Hall–Kier alpha value is -0.980. The Morgan fingerprint density at radius 3 is 2.58 bits per heavy atom. The third-order valence-electron chi connectivity index (χ3n) is 2.21. The lowest BCUT2D eigenvalue weighted by molar-refractivity contribution is -0.175. The zero-order valence-corrected chi connectivity index (χ0v) is 11.1. The van der Waals surface area contributed by atoms with Gasteiger partial charge >= 0.3 is 6.18 Å². The summed E-state index contributed by atoms with van der Waals surface area (Å²) in [4.78, 5) is 0. The van der Waals surface area contributed by atoms with E-state index in [1.165, 1.54) is 0 Å². The van der Waals surface area contributed by atoms with Crippen LogP contribution >= 0.6 is 11.6 Å². The fourth-order valence-corrected chi connectivity index (χ4v) is 1.59. The highest BCUT2D eigenvalue weighted by atomic mass is 35.5. The molecule has 1 atom stereocenters. The van der Waals surface area contributed by atoms with Gasteiger partial charge in [-0.05, 0) is 25.1 Å². The molecule has 108 valence electrons. The average Bonchev–Trinajstić information content (AvgIpc) is 2.28. The predicted octanol–water partition coefficient (Wildman–Crippen LogP) is 3.32. The number of nitrogens with two attached hydrogens (primary N) is 1. The molecule has 0 aromatic heterocycles. The molecule has 0 fully saturated rings. The summed E-state index contributed by atoms with van der Waals surface area (Å²) in [6.07, 6.45) is -4.32. The maximum absolute atomic E-state index is 11.8. The molecule has 0 saturated carbocycles. The van der Waals surface area contributed by atoms with E-state index in [1.807, 2.05) is 0 Å². The van der Waals surface area contributed by atoms with Crippen LogP contribution in [0.1, 0.15) is 18.5 Å². The largest absolute Gasteiger partial charge is 0.491 e. The van der Waals surface area contributed by atoms with Gasteiger partial charge in [-0.2, -0.15) is 13.2 Å². The second-order valence-electron chi connectivity index (χ2n) is 3.99. The van der Waals surface area contributed by atoms with Crippen molar-refractivity contribution in [2.24, 2.45) is 5.73 Å². The molecule has 0 aliphatic heterocycles. The van der Waals surface area contributed by atoms with Gasteiger partial charge < -0.3 is 15.2 Å². The van der Waals surface area contributed by atoms with Crippen LogP contribution in [0.5, 0.6) is 5.75 Å². The summed E-state index contributed by atoms with van der Waals surface area (Å²) in [6, 6.07) is 4.63. The summed E-state index contributed by atoms with van der Waals surface area (Å²) >= 11 is 5.83. The van der Waals surface area contributed by atoms with Crippen LogP contribution in [0.2, 0.25) is 5.02 Å². The highest BCUT2D eigenvalue weighted by Gasteiger charge is 2.27. The molecule has 0 aliphatic rings. The maximum Gasteiger partial charge on any atom is 0.411 e. The Morgan fingerprint density at radius 2 is 2.00 bits per heavy atom. The van der Waals surface area contributed by atoms with Crippen molar-refractivity contribution in [3.8, 4) is 5.75 Å². The van der Waals surface area contributed by atoms with Crippen LogP contribution in [0.3, 0.4) is 0 Å². The Labute approximate surface area is 114 Å². The summed E-state index contributed by atoms with van der Waals surface area (Å²) in [5, 5.41) is 0.521. The lowest BCUT2D eigenvalue weighted by atomic mass is 10.1. The monoisotopic (exact) mass is 297 g/mol. The predicted molar refractivity (Wildman–Crippen MR) is 66.4 cm³/mol. The molecule has 1 rings (SSSR count). The van der Waals surface area contributed by atoms with E-state index in [1.54, 1.807) is 25.1 Å². The summed E-state index contributed by atoms with van der Waals surface area (Å²) in [5.41, 5.74) is 6.45. The van der Waals surface area contributed by atoms with Crippen molar-refractivity contribution in [3.05, 3.63) is 28.8 Å². The van der Waals surface area contributed by atoms with Crippen molar-refractivity contribution < 1.29 is 22.6 Å². The van der Waals surface area contributed by atoms with Crippen LogP contribution in [0.25, 0.3) is 0 Å². The maximum atomic E-state index is 11.8. The molecule has 0 aliphatic carbocycles.